The third-order valence-electron chi connectivity index (χ3n) is 3.07. The second-order valence-corrected chi connectivity index (χ2v) is 6.31. The fourth-order valence-electron chi connectivity index (χ4n) is 2.05. The fraction of sp³-hybridized carbons (Fsp3) is 0.500. The quantitative estimate of drug-likeness (QED) is 0.884. The van der Waals surface area contributed by atoms with Gasteiger partial charge in [-0.3, -0.25) is 0 Å². The zero-order valence-corrected chi connectivity index (χ0v) is 11.1. The maximum Gasteiger partial charge on any atom is 0.240 e. The molecule has 0 bridgehead atoms. The summed E-state index contributed by atoms with van der Waals surface area (Å²) in [7, 11) is -3.81. The molecule has 7 heteroatoms. The number of hydrogen-bond donors (Lipinski definition) is 2. The highest BCUT2D eigenvalue weighted by molar-refractivity contribution is 7.89. The highest BCUT2D eigenvalue weighted by Crippen LogP contribution is 2.15. The molecule has 19 heavy (non-hydrogen) atoms. The van der Waals surface area contributed by atoms with E-state index in [-0.39, 0.29) is 10.9 Å². The molecule has 0 saturated carbocycles. The van der Waals surface area contributed by atoms with Gasteiger partial charge >= 0.3 is 0 Å². The summed E-state index contributed by atoms with van der Waals surface area (Å²) >= 11 is 0. The van der Waals surface area contributed by atoms with Crippen molar-refractivity contribution in [3.63, 3.8) is 0 Å². The molecule has 1 aromatic rings. The lowest BCUT2D eigenvalue weighted by Gasteiger charge is -2.16. The predicted octanol–water partition coefficient (Wildman–Crippen LogP) is 1.39. The lowest BCUT2D eigenvalue weighted by Crippen LogP contribution is -2.40. The van der Waals surface area contributed by atoms with Crippen LogP contribution in [0.15, 0.2) is 23.1 Å². The minimum absolute atomic E-state index is 0.222. The maximum atomic E-state index is 13.1. The Balaban J connectivity index is 2.14. The first-order chi connectivity index (χ1) is 8.99. The Labute approximate surface area is 111 Å². The molecule has 0 aromatic heterocycles. The topological polar surface area (TPSA) is 58.2 Å². The van der Waals surface area contributed by atoms with E-state index in [1.54, 1.807) is 0 Å². The molecule has 0 aliphatic carbocycles. The summed E-state index contributed by atoms with van der Waals surface area (Å²) in [5.74, 6) is -2.23. The molecule has 0 radical (unpaired) electrons. The molecule has 0 spiro atoms. The lowest BCUT2D eigenvalue weighted by molar-refractivity contribution is 0.501. The van der Waals surface area contributed by atoms with Crippen molar-refractivity contribution in [3.05, 3.63) is 29.8 Å². The second-order valence-electron chi connectivity index (χ2n) is 4.59. The summed E-state index contributed by atoms with van der Waals surface area (Å²) in [4.78, 5) is -0.254. The van der Waals surface area contributed by atoms with Crippen LogP contribution in [-0.4, -0.2) is 27.5 Å². The lowest BCUT2D eigenvalue weighted by atomic mass is 10.2. The van der Waals surface area contributed by atoms with Gasteiger partial charge in [0.25, 0.3) is 0 Å². The van der Waals surface area contributed by atoms with Crippen LogP contribution in [0.4, 0.5) is 8.78 Å². The van der Waals surface area contributed by atoms with Crippen molar-refractivity contribution < 1.29 is 17.2 Å². The normalized spacial score (nSPS) is 21.1. The van der Waals surface area contributed by atoms with E-state index in [1.807, 2.05) is 0 Å². The summed E-state index contributed by atoms with van der Waals surface area (Å²) < 4.78 is 52.5. The predicted molar refractivity (Wildman–Crippen MR) is 67.2 cm³/mol. The third-order valence-corrected chi connectivity index (χ3v) is 4.59. The van der Waals surface area contributed by atoms with Crippen LogP contribution in [0.2, 0.25) is 0 Å². The van der Waals surface area contributed by atoms with Crippen molar-refractivity contribution >= 4 is 10.0 Å². The Hall–Kier alpha value is -1.05. The Bertz CT molecular complexity index is 541. The molecule has 106 valence electrons. The standard InChI is InChI=1S/C12H16F2N2O2S/c13-11-5-4-10(7-12(11)14)19(17,18)16-9-3-1-2-6-15-8-9/h4-5,7,9,15-16H,1-3,6,8H2. The third kappa shape index (κ3) is 3.71. The number of nitrogens with one attached hydrogen (secondary N) is 2. The van der Waals surface area contributed by atoms with E-state index >= 15 is 0 Å². The van der Waals surface area contributed by atoms with Gasteiger partial charge in [0.05, 0.1) is 4.90 Å². The Kier molecular flexibility index (Phi) is 4.49. The van der Waals surface area contributed by atoms with E-state index in [0.717, 1.165) is 37.9 Å². The molecule has 2 N–H and O–H groups in total. The maximum absolute atomic E-state index is 13.1. The van der Waals surface area contributed by atoms with Gasteiger partial charge in [-0.2, -0.15) is 0 Å². The van der Waals surface area contributed by atoms with Crippen LogP contribution in [-0.2, 0) is 10.0 Å². The van der Waals surface area contributed by atoms with Gasteiger partial charge in [0.1, 0.15) is 0 Å². The van der Waals surface area contributed by atoms with Crippen molar-refractivity contribution in [2.45, 2.75) is 30.2 Å². The molecule has 1 fully saturated rings. The highest BCUT2D eigenvalue weighted by atomic mass is 32.2. The molecule has 0 amide bonds. The van der Waals surface area contributed by atoms with Gasteiger partial charge in [0, 0.05) is 12.6 Å². The second kappa shape index (κ2) is 5.94. The molecule has 1 aliphatic heterocycles. The minimum atomic E-state index is -3.81. The molecule has 1 unspecified atom stereocenters. The Morgan fingerprint density at radius 3 is 2.74 bits per heavy atom. The molecule has 1 aliphatic rings. The average Bonchev–Trinajstić information content (AvgIpc) is 2.60. The van der Waals surface area contributed by atoms with E-state index in [0.29, 0.717) is 12.6 Å². The van der Waals surface area contributed by atoms with Gasteiger partial charge in [-0.25, -0.2) is 21.9 Å². The van der Waals surface area contributed by atoms with Crippen LogP contribution in [0.5, 0.6) is 0 Å². The first kappa shape index (κ1) is 14.4. The van der Waals surface area contributed by atoms with E-state index in [2.05, 4.69) is 10.0 Å². The molecule has 4 nitrogen and oxygen atoms in total. The fourth-order valence-corrected chi connectivity index (χ4v) is 3.33. The minimum Gasteiger partial charge on any atom is -0.315 e. The van der Waals surface area contributed by atoms with E-state index in [4.69, 9.17) is 0 Å². The molecule has 1 atom stereocenters. The number of sulfonamides is 1. The van der Waals surface area contributed by atoms with Crippen LogP contribution in [0.25, 0.3) is 0 Å². The van der Waals surface area contributed by atoms with Crippen LogP contribution in [0, 0.1) is 11.6 Å². The van der Waals surface area contributed by atoms with Gasteiger partial charge < -0.3 is 5.32 Å². The van der Waals surface area contributed by atoms with Crippen LogP contribution < -0.4 is 10.0 Å². The molecule has 1 saturated heterocycles. The van der Waals surface area contributed by atoms with Crippen molar-refractivity contribution in [1.82, 2.24) is 10.0 Å². The number of hydrogen-bond acceptors (Lipinski definition) is 3. The van der Waals surface area contributed by atoms with Crippen molar-refractivity contribution in [3.8, 4) is 0 Å². The average molecular weight is 290 g/mol. The van der Waals surface area contributed by atoms with E-state index in [9.17, 15) is 17.2 Å². The molecule has 1 aromatic carbocycles. The van der Waals surface area contributed by atoms with Crippen molar-refractivity contribution in [1.29, 1.82) is 0 Å². The SMILES string of the molecule is O=S(=O)(NC1CCCCNC1)c1ccc(F)c(F)c1. The van der Waals surface area contributed by atoms with E-state index in [1.165, 1.54) is 0 Å². The van der Waals surface area contributed by atoms with E-state index < -0.39 is 21.7 Å². The summed E-state index contributed by atoms with van der Waals surface area (Å²) in [6, 6.07) is 2.35. The Morgan fingerprint density at radius 2 is 2.00 bits per heavy atom. The highest BCUT2D eigenvalue weighted by Gasteiger charge is 2.22. The number of rotatable bonds is 3. The van der Waals surface area contributed by atoms with Crippen LogP contribution in [0.1, 0.15) is 19.3 Å². The van der Waals surface area contributed by atoms with Gasteiger partial charge in [0.15, 0.2) is 11.6 Å². The summed E-state index contributed by atoms with van der Waals surface area (Å²) in [5.41, 5.74) is 0. The molecule has 2 rings (SSSR count). The largest absolute Gasteiger partial charge is 0.315 e. The summed E-state index contributed by atoms with van der Waals surface area (Å²) in [6.07, 6.45) is 2.66. The zero-order chi connectivity index (χ0) is 13.9. The molecular formula is C12H16F2N2O2S. The van der Waals surface area contributed by atoms with Gasteiger partial charge in [-0.1, -0.05) is 6.42 Å². The first-order valence-electron chi connectivity index (χ1n) is 6.17. The molecule has 1 heterocycles. The summed E-state index contributed by atoms with van der Waals surface area (Å²) in [5, 5.41) is 3.13. The molecular weight excluding hydrogens is 274 g/mol. The monoisotopic (exact) mass is 290 g/mol. The van der Waals surface area contributed by atoms with Gasteiger partial charge in [-0.15, -0.1) is 0 Å². The zero-order valence-electron chi connectivity index (χ0n) is 10.3. The number of benzene rings is 1. The first-order valence-corrected chi connectivity index (χ1v) is 7.65. The number of halogens is 2. The Morgan fingerprint density at radius 1 is 1.21 bits per heavy atom. The van der Waals surface area contributed by atoms with Crippen molar-refractivity contribution in [2.75, 3.05) is 13.1 Å². The van der Waals surface area contributed by atoms with Crippen molar-refractivity contribution in [2.24, 2.45) is 0 Å². The summed E-state index contributed by atoms with van der Waals surface area (Å²) in [6.45, 7) is 1.41. The van der Waals surface area contributed by atoms with Gasteiger partial charge in [-0.05, 0) is 37.6 Å². The van der Waals surface area contributed by atoms with Crippen LogP contribution in [0.3, 0.4) is 0 Å². The smallest absolute Gasteiger partial charge is 0.240 e. The van der Waals surface area contributed by atoms with Gasteiger partial charge in [0.2, 0.25) is 10.0 Å². The van der Waals surface area contributed by atoms with Crippen LogP contribution >= 0.6 is 0 Å².